The standard InChI is InChI=1S/C21H22F2N4O2S/c1-2-14-8-18(28)27-19(24-14)30-20(25-27)26-15-5-6-16(26)11-21(29,10-15)9-12-3-4-13(22)7-17(12)23/h3-4,7-8,15-16,29H,2,5-6,9-11H2,1H3/t15-,16-/m0/s1. The van der Waals surface area contributed by atoms with E-state index in [-0.39, 0.29) is 24.1 Å². The summed E-state index contributed by atoms with van der Waals surface area (Å²) >= 11 is 1.39. The van der Waals surface area contributed by atoms with E-state index in [9.17, 15) is 18.7 Å². The highest BCUT2D eigenvalue weighted by Gasteiger charge is 2.48. The Hall–Kier alpha value is -2.39. The van der Waals surface area contributed by atoms with E-state index in [0.717, 1.165) is 29.7 Å². The van der Waals surface area contributed by atoms with Crippen LogP contribution in [0.15, 0.2) is 29.1 Å². The summed E-state index contributed by atoms with van der Waals surface area (Å²) in [6.45, 7) is 1.95. The van der Waals surface area contributed by atoms with Crippen LogP contribution in [0.3, 0.4) is 0 Å². The zero-order chi connectivity index (χ0) is 21.0. The third-order valence-electron chi connectivity index (χ3n) is 6.26. The maximum atomic E-state index is 14.1. The minimum absolute atomic E-state index is 0.0548. The predicted octanol–water partition coefficient (Wildman–Crippen LogP) is 3.10. The minimum Gasteiger partial charge on any atom is -0.389 e. The molecular formula is C21H22F2N4O2S. The van der Waals surface area contributed by atoms with Crippen molar-refractivity contribution in [2.75, 3.05) is 4.90 Å². The second kappa shape index (κ2) is 7.09. The molecule has 2 bridgehead atoms. The Bertz CT molecular complexity index is 1160. The summed E-state index contributed by atoms with van der Waals surface area (Å²) in [5.41, 5.74) is -0.170. The van der Waals surface area contributed by atoms with Crippen molar-refractivity contribution in [3.8, 4) is 0 Å². The number of anilines is 1. The lowest BCUT2D eigenvalue weighted by Crippen LogP contribution is -2.52. The van der Waals surface area contributed by atoms with E-state index in [4.69, 9.17) is 0 Å². The van der Waals surface area contributed by atoms with E-state index < -0.39 is 17.2 Å². The van der Waals surface area contributed by atoms with Gasteiger partial charge in [-0.1, -0.05) is 24.3 Å². The van der Waals surface area contributed by atoms with E-state index in [1.165, 1.54) is 34.1 Å². The van der Waals surface area contributed by atoms with Crippen LogP contribution in [0.4, 0.5) is 13.9 Å². The Balaban J connectivity index is 1.42. The number of benzene rings is 1. The van der Waals surface area contributed by atoms with Gasteiger partial charge in [0.2, 0.25) is 10.1 Å². The average Bonchev–Trinajstić information content (AvgIpc) is 3.23. The first-order chi connectivity index (χ1) is 14.3. The first-order valence-corrected chi connectivity index (χ1v) is 11.0. The van der Waals surface area contributed by atoms with Gasteiger partial charge in [0.1, 0.15) is 11.6 Å². The fourth-order valence-electron chi connectivity index (χ4n) is 4.93. The maximum absolute atomic E-state index is 14.1. The quantitative estimate of drug-likeness (QED) is 0.686. The molecular weight excluding hydrogens is 410 g/mol. The second-order valence-corrected chi connectivity index (χ2v) is 9.29. The second-order valence-electron chi connectivity index (χ2n) is 8.36. The van der Waals surface area contributed by atoms with Crippen LogP contribution in [0.1, 0.15) is 43.9 Å². The Morgan fingerprint density at radius 1 is 1.23 bits per heavy atom. The van der Waals surface area contributed by atoms with Crippen molar-refractivity contribution in [2.45, 2.75) is 63.1 Å². The van der Waals surface area contributed by atoms with Gasteiger partial charge in [-0.05, 0) is 43.7 Å². The fraction of sp³-hybridized carbons (Fsp3) is 0.476. The molecule has 2 aliphatic heterocycles. The lowest BCUT2D eigenvalue weighted by atomic mass is 9.81. The lowest BCUT2D eigenvalue weighted by molar-refractivity contribution is 0.00139. The van der Waals surface area contributed by atoms with Crippen molar-refractivity contribution in [3.63, 3.8) is 0 Å². The molecule has 6 nitrogen and oxygen atoms in total. The molecule has 9 heteroatoms. The summed E-state index contributed by atoms with van der Waals surface area (Å²) in [6, 6.07) is 5.12. The van der Waals surface area contributed by atoms with E-state index in [1.54, 1.807) is 0 Å². The molecule has 30 heavy (non-hydrogen) atoms. The van der Waals surface area contributed by atoms with E-state index in [1.807, 2.05) is 6.92 Å². The van der Waals surface area contributed by atoms with Gasteiger partial charge in [0.25, 0.3) is 5.56 Å². The molecule has 2 aromatic heterocycles. The SMILES string of the molecule is CCc1cc(=O)n2nc(N3[C@H]4CC[C@H]3CC(O)(Cc3ccc(F)cc3F)C4)sc2n1. The number of hydrogen-bond acceptors (Lipinski definition) is 6. The molecule has 158 valence electrons. The van der Waals surface area contributed by atoms with Crippen molar-refractivity contribution >= 4 is 21.4 Å². The maximum Gasteiger partial charge on any atom is 0.275 e. The first kappa shape index (κ1) is 19.6. The van der Waals surface area contributed by atoms with Crippen LogP contribution >= 0.6 is 11.3 Å². The number of nitrogens with zero attached hydrogens (tertiary/aromatic N) is 4. The summed E-state index contributed by atoms with van der Waals surface area (Å²) in [5, 5.41) is 16.5. The van der Waals surface area contributed by atoms with Gasteiger partial charge in [0, 0.05) is 36.3 Å². The third kappa shape index (κ3) is 3.30. The largest absolute Gasteiger partial charge is 0.389 e. The van der Waals surface area contributed by atoms with Crippen molar-refractivity contribution < 1.29 is 13.9 Å². The number of hydrogen-bond donors (Lipinski definition) is 1. The number of aromatic nitrogens is 3. The molecule has 1 N–H and O–H groups in total. The van der Waals surface area contributed by atoms with Gasteiger partial charge in [-0.3, -0.25) is 4.79 Å². The van der Waals surface area contributed by atoms with E-state index in [2.05, 4.69) is 15.0 Å². The molecule has 0 amide bonds. The van der Waals surface area contributed by atoms with Crippen molar-refractivity contribution in [1.29, 1.82) is 0 Å². The Labute approximate surface area is 175 Å². The fourth-order valence-corrected chi connectivity index (χ4v) is 6.00. The van der Waals surface area contributed by atoms with E-state index in [0.29, 0.717) is 29.8 Å². The molecule has 2 aliphatic rings. The van der Waals surface area contributed by atoms with E-state index >= 15 is 0 Å². The Kier molecular flexibility index (Phi) is 4.62. The summed E-state index contributed by atoms with van der Waals surface area (Å²) in [4.78, 5) is 19.6. The molecule has 0 radical (unpaired) electrons. The van der Waals surface area contributed by atoms with Gasteiger partial charge in [-0.15, -0.1) is 5.10 Å². The number of aliphatic hydroxyl groups is 1. The molecule has 3 aromatic rings. The van der Waals surface area contributed by atoms with Crippen molar-refractivity contribution in [2.24, 2.45) is 0 Å². The molecule has 2 saturated heterocycles. The molecule has 0 spiro atoms. The Morgan fingerprint density at radius 2 is 1.97 bits per heavy atom. The van der Waals surface area contributed by atoms with Crippen LogP contribution in [0.2, 0.25) is 0 Å². The first-order valence-electron chi connectivity index (χ1n) is 10.2. The van der Waals surface area contributed by atoms with Crippen LogP contribution in [0.5, 0.6) is 0 Å². The van der Waals surface area contributed by atoms with Crippen LogP contribution in [-0.4, -0.2) is 37.4 Å². The Morgan fingerprint density at radius 3 is 2.63 bits per heavy atom. The molecule has 1 aromatic carbocycles. The van der Waals surface area contributed by atoms with Gasteiger partial charge in [0.15, 0.2) is 0 Å². The van der Waals surface area contributed by atoms with Gasteiger partial charge in [-0.25, -0.2) is 13.8 Å². The molecule has 2 atom stereocenters. The molecule has 0 unspecified atom stereocenters. The summed E-state index contributed by atoms with van der Waals surface area (Å²) < 4.78 is 28.7. The number of fused-ring (bicyclic) bond motifs is 3. The molecule has 0 aliphatic carbocycles. The van der Waals surface area contributed by atoms with Gasteiger partial charge in [-0.2, -0.15) is 4.52 Å². The molecule has 4 heterocycles. The highest BCUT2D eigenvalue weighted by molar-refractivity contribution is 7.20. The topological polar surface area (TPSA) is 70.7 Å². The average molecular weight is 432 g/mol. The number of piperidine rings is 1. The zero-order valence-electron chi connectivity index (χ0n) is 16.5. The van der Waals surface area contributed by atoms with Crippen LogP contribution < -0.4 is 10.5 Å². The minimum atomic E-state index is -1.05. The molecule has 5 rings (SSSR count). The smallest absolute Gasteiger partial charge is 0.275 e. The van der Waals surface area contributed by atoms with Gasteiger partial charge in [0.05, 0.1) is 5.60 Å². The summed E-state index contributed by atoms with van der Waals surface area (Å²) in [7, 11) is 0. The monoisotopic (exact) mass is 432 g/mol. The van der Waals surface area contributed by atoms with Crippen LogP contribution in [-0.2, 0) is 12.8 Å². The third-order valence-corrected chi connectivity index (χ3v) is 7.18. The summed E-state index contributed by atoms with van der Waals surface area (Å²) in [6.07, 6.45) is 3.58. The normalized spacial score (nSPS) is 25.9. The van der Waals surface area contributed by atoms with Crippen molar-refractivity contribution in [3.05, 3.63) is 57.5 Å². The van der Waals surface area contributed by atoms with Crippen LogP contribution in [0, 0.1) is 11.6 Å². The van der Waals surface area contributed by atoms with Crippen molar-refractivity contribution in [1.82, 2.24) is 14.6 Å². The molecule has 2 fully saturated rings. The zero-order valence-corrected chi connectivity index (χ0v) is 17.3. The highest BCUT2D eigenvalue weighted by Crippen LogP contribution is 2.45. The predicted molar refractivity (Wildman–Crippen MR) is 110 cm³/mol. The molecule has 0 saturated carbocycles. The number of halogens is 2. The lowest BCUT2D eigenvalue weighted by Gasteiger charge is -2.43. The summed E-state index contributed by atoms with van der Waals surface area (Å²) in [5.74, 6) is -1.24. The number of aryl methyl sites for hydroxylation is 1. The number of rotatable bonds is 4. The highest BCUT2D eigenvalue weighted by atomic mass is 32.1. The van der Waals surface area contributed by atoms with Gasteiger partial charge < -0.3 is 10.0 Å². The van der Waals surface area contributed by atoms with Gasteiger partial charge >= 0.3 is 0 Å². The van der Waals surface area contributed by atoms with Crippen LogP contribution in [0.25, 0.3) is 4.96 Å².